The average molecular weight is 341 g/mol. The highest BCUT2D eigenvalue weighted by atomic mass is 79.9. The van der Waals surface area contributed by atoms with Gasteiger partial charge < -0.3 is 15.0 Å². The lowest BCUT2D eigenvalue weighted by Crippen LogP contribution is -2.44. The van der Waals surface area contributed by atoms with Crippen molar-refractivity contribution >= 4 is 15.9 Å². The molecule has 0 atom stereocenters. The van der Waals surface area contributed by atoms with E-state index in [0.717, 1.165) is 44.9 Å². The summed E-state index contributed by atoms with van der Waals surface area (Å²) < 4.78 is 6.91. The van der Waals surface area contributed by atoms with Crippen LogP contribution in [0.25, 0.3) is 0 Å². The summed E-state index contributed by atoms with van der Waals surface area (Å²) in [6.07, 6.45) is 1.05. The molecule has 0 aliphatic carbocycles. The van der Waals surface area contributed by atoms with Crippen molar-refractivity contribution in [2.24, 2.45) is 0 Å². The summed E-state index contributed by atoms with van der Waals surface area (Å²) in [5, 5.41) is 3.40. The molecular formula is C16H25BrN2O. The number of nitrogens with zero attached hydrogens (tertiary/aromatic N) is 1. The minimum absolute atomic E-state index is 1.05. The SMILES string of the molecule is COc1c(C)c(C)c(Br)c(C)c1CCN1CCNCC1. The zero-order valence-corrected chi connectivity index (χ0v) is 14.6. The maximum atomic E-state index is 5.68. The molecule has 1 saturated heterocycles. The van der Waals surface area contributed by atoms with Crippen LogP contribution in [0.1, 0.15) is 22.3 Å². The minimum Gasteiger partial charge on any atom is -0.496 e. The molecule has 0 bridgehead atoms. The van der Waals surface area contributed by atoms with E-state index >= 15 is 0 Å². The lowest BCUT2D eigenvalue weighted by molar-refractivity contribution is 0.243. The third-order valence-electron chi connectivity index (χ3n) is 4.38. The van der Waals surface area contributed by atoms with Gasteiger partial charge in [0.15, 0.2) is 0 Å². The van der Waals surface area contributed by atoms with E-state index in [1.165, 1.54) is 26.7 Å². The Balaban J connectivity index is 2.21. The first kappa shape index (κ1) is 15.8. The molecule has 1 N–H and O–H groups in total. The van der Waals surface area contributed by atoms with E-state index in [2.05, 4.69) is 46.9 Å². The van der Waals surface area contributed by atoms with Crippen LogP contribution in [0.2, 0.25) is 0 Å². The van der Waals surface area contributed by atoms with Crippen LogP contribution in [0.3, 0.4) is 0 Å². The van der Waals surface area contributed by atoms with E-state index in [0.29, 0.717) is 0 Å². The Bertz CT molecular complexity index is 482. The number of benzene rings is 1. The lowest BCUT2D eigenvalue weighted by Gasteiger charge is -2.28. The fraction of sp³-hybridized carbons (Fsp3) is 0.625. The average Bonchev–Trinajstić information content (AvgIpc) is 2.48. The van der Waals surface area contributed by atoms with Crippen LogP contribution in [-0.4, -0.2) is 44.7 Å². The highest BCUT2D eigenvalue weighted by Gasteiger charge is 2.18. The first-order chi connectivity index (χ1) is 9.56. The maximum absolute atomic E-state index is 5.68. The molecule has 0 saturated carbocycles. The highest BCUT2D eigenvalue weighted by Crippen LogP contribution is 2.36. The Labute approximate surface area is 130 Å². The molecule has 3 nitrogen and oxygen atoms in total. The Morgan fingerprint density at radius 1 is 1.10 bits per heavy atom. The molecule has 1 heterocycles. The Morgan fingerprint density at radius 3 is 2.35 bits per heavy atom. The highest BCUT2D eigenvalue weighted by molar-refractivity contribution is 9.10. The van der Waals surface area contributed by atoms with Crippen molar-refractivity contribution in [1.82, 2.24) is 10.2 Å². The molecule has 1 aromatic rings. The van der Waals surface area contributed by atoms with Gasteiger partial charge in [-0.15, -0.1) is 0 Å². The summed E-state index contributed by atoms with van der Waals surface area (Å²) in [5.74, 6) is 1.07. The fourth-order valence-electron chi connectivity index (χ4n) is 2.93. The number of rotatable bonds is 4. The standard InChI is InChI=1S/C16H25BrN2O/c1-11-12(2)16(20-4)14(13(3)15(11)17)5-8-19-9-6-18-7-10-19/h18H,5-10H2,1-4H3. The van der Waals surface area contributed by atoms with Gasteiger partial charge >= 0.3 is 0 Å². The fourth-order valence-corrected chi connectivity index (χ4v) is 3.46. The first-order valence-electron chi connectivity index (χ1n) is 7.31. The molecule has 1 aliphatic heterocycles. The van der Waals surface area contributed by atoms with Gasteiger partial charge in [-0.25, -0.2) is 0 Å². The molecule has 1 fully saturated rings. The van der Waals surface area contributed by atoms with Crippen molar-refractivity contribution < 1.29 is 4.74 Å². The van der Waals surface area contributed by atoms with E-state index in [1.54, 1.807) is 7.11 Å². The summed E-state index contributed by atoms with van der Waals surface area (Å²) in [6, 6.07) is 0. The van der Waals surface area contributed by atoms with Crippen LogP contribution in [0.5, 0.6) is 5.75 Å². The minimum atomic E-state index is 1.05. The molecular weight excluding hydrogens is 316 g/mol. The van der Waals surface area contributed by atoms with Crippen molar-refractivity contribution in [3.63, 3.8) is 0 Å². The van der Waals surface area contributed by atoms with Gasteiger partial charge in [-0.05, 0) is 49.4 Å². The van der Waals surface area contributed by atoms with Crippen molar-refractivity contribution in [3.05, 3.63) is 26.7 Å². The molecule has 1 aliphatic rings. The van der Waals surface area contributed by atoms with E-state index in [4.69, 9.17) is 4.74 Å². The Hall–Kier alpha value is -0.580. The first-order valence-corrected chi connectivity index (χ1v) is 8.10. The number of methoxy groups -OCH3 is 1. The van der Waals surface area contributed by atoms with Gasteiger partial charge in [0, 0.05) is 37.2 Å². The van der Waals surface area contributed by atoms with Gasteiger partial charge in [0.1, 0.15) is 5.75 Å². The molecule has 0 aromatic heterocycles. The molecule has 0 spiro atoms. The second-order valence-corrected chi connectivity index (χ2v) is 6.34. The smallest absolute Gasteiger partial charge is 0.125 e. The predicted molar refractivity (Wildman–Crippen MR) is 87.9 cm³/mol. The summed E-state index contributed by atoms with van der Waals surface area (Å²) in [7, 11) is 1.78. The van der Waals surface area contributed by atoms with Crippen LogP contribution in [0.4, 0.5) is 0 Å². The Kier molecular flexibility index (Phi) is 5.47. The number of hydrogen-bond acceptors (Lipinski definition) is 3. The topological polar surface area (TPSA) is 24.5 Å². The van der Waals surface area contributed by atoms with Crippen LogP contribution < -0.4 is 10.1 Å². The van der Waals surface area contributed by atoms with Gasteiger partial charge in [0.2, 0.25) is 0 Å². The van der Waals surface area contributed by atoms with Crippen LogP contribution in [0.15, 0.2) is 4.47 Å². The van der Waals surface area contributed by atoms with Gasteiger partial charge in [-0.2, -0.15) is 0 Å². The summed E-state index contributed by atoms with van der Waals surface area (Å²) in [4.78, 5) is 2.53. The normalized spacial score (nSPS) is 16.4. The monoisotopic (exact) mass is 340 g/mol. The molecule has 0 radical (unpaired) electrons. The number of hydrogen-bond donors (Lipinski definition) is 1. The molecule has 112 valence electrons. The third-order valence-corrected chi connectivity index (χ3v) is 5.57. The number of halogens is 1. The number of nitrogens with one attached hydrogen (secondary N) is 1. The van der Waals surface area contributed by atoms with Gasteiger partial charge in [0.05, 0.1) is 7.11 Å². The third kappa shape index (κ3) is 3.18. The van der Waals surface area contributed by atoms with Crippen LogP contribution >= 0.6 is 15.9 Å². The zero-order valence-electron chi connectivity index (χ0n) is 13.0. The second-order valence-electron chi connectivity index (χ2n) is 5.54. The number of ether oxygens (including phenoxy) is 1. The van der Waals surface area contributed by atoms with Gasteiger partial charge in [-0.3, -0.25) is 0 Å². The summed E-state index contributed by atoms with van der Waals surface area (Å²) in [5.41, 5.74) is 5.20. The van der Waals surface area contributed by atoms with Crippen LogP contribution in [-0.2, 0) is 6.42 Å². The van der Waals surface area contributed by atoms with Gasteiger partial charge in [-0.1, -0.05) is 15.9 Å². The molecule has 4 heteroatoms. The summed E-state index contributed by atoms with van der Waals surface area (Å²) >= 11 is 3.73. The summed E-state index contributed by atoms with van der Waals surface area (Å²) in [6.45, 7) is 12.1. The van der Waals surface area contributed by atoms with E-state index in [1.807, 2.05) is 0 Å². The largest absolute Gasteiger partial charge is 0.496 e. The van der Waals surface area contributed by atoms with E-state index in [9.17, 15) is 0 Å². The molecule has 1 aromatic carbocycles. The lowest BCUT2D eigenvalue weighted by atomic mass is 9.96. The molecule has 20 heavy (non-hydrogen) atoms. The maximum Gasteiger partial charge on any atom is 0.125 e. The second kappa shape index (κ2) is 6.92. The predicted octanol–water partition coefficient (Wildman–Crippen LogP) is 2.83. The van der Waals surface area contributed by atoms with Crippen molar-refractivity contribution in [3.8, 4) is 5.75 Å². The van der Waals surface area contributed by atoms with Crippen molar-refractivity contribution in [2.45, 2.75) is 27.2 Å². The zero-order chi connectivity index (χ0) is 14.7. The van der Waals surface area contributed by atoms with E-state index in [-0.39, 0.29) is 0 Å². The van der Waals surface area contributed by atoms with Crippen molar-refractivity contribution in [2.75, 3.05) is 39.8 Å². The number of piperazine rings is 1. The van der Waals surface area contributed by atoms with Crippen molar-refractivity contribution in [1.29, 1.82) is 0 Å². The van der Waals surface area contributed by atoms with E-state index < -0.39 is 0 Å². The Morgan fingerprint density at radius 2 is 1.75 bits per heavy atom. The quantitative estimate of drug-likeness (QED) is 0.912. The van der Waals surface area contributed by atoms with Gasteiger partial charge in [0.25, 0.3) is 0 Å². The van der Waals surface area contributed by atoms with Crippen LogP contribution in [0, 0.1) is 20.8 Å². The molecule has 0 unspecified atom stereocenters. The molecule has 2 rings (SSSR count). The molecule has 0 amide bonds.